The second kappa shape index (κ2) is 7.10. The molecule has 1 saturated heterocycles. The van der Waals surface area contributed by atoms with Gasteiger partial charge in [0.1, 0.15) is 12.2 Å². The lowest BCUT2D eigenvalue weighted by Crippen LogP contribution is -2.45. The van der Waals surface area contributed by atoms with Gasteiger partial charge in [0.2, 0.25) is 0 Å². The maximum atomic E-state index is 12.6. The van der Waals surface area contributed by atoms with Crippen LogP contribution in [0.15, 0.2) is 36.0 Å². The molecule has 0 bridgehead atoms. The van der Waals surface area contributed by atoms with Gasteiger partial charge in [0.25, 0.3) is 0 Å². The van der Waals surface area contributed by atoms with Crippen molar-refractivity contribution in [3.05, 3.63) is 36.0 Å². The number of ether oxygens (including phenoxy) is 2. The molecule has 0 aromatic heterocycles. The van der Waals surface area contributed by atoms with Gasteiger partial charge in [-0.3, -0.25) is 14.4 Å². The van der Waals surface area contributed by atoms with Crippen LogP contribution in [0.3, 0.4) is 0 Å². The summed E-state index contributed by atoms with van der Waals surface area (Å²) in [5, 5.41) is 0. The average molecular weight is 372 g/mol. The maximum Gasteiger partial charge on any atom is 0.313 e. The fraction of sp³-hybridized carbons (Fsp3) is 0.591. The van der Waals surface area contributed by atoms with Gasteiger partial charge in [-0.15, -0.1) is 0 Å². The van der Waals surface area contributed by atoms with Gasteiger partial charge >= 0.3 is 11.9 Å². The minimum atomic E-state index is -0.488. The number of carbonyl (C=O) groups is 3. The highest BCUT2D eigenvalue weighted by Gasteiger charge is 2.47. The molecule has 0 amide bonds. The van der Waals surface area contributed by atoms with Crippen LogP contribution in [0.1, 0.15) is 47.0 Å². The predicted octanol–water partition coefficient (Wildman–Crippen LogP) is 3.54. The summed E-state index contributed by atoms with van der Waals surface area (Å²) in [7, 11) is 0. The zero-order valence-electron chi connectivity index (χ0n) is 16.5. The standard InChI is InChI=1S/C22H28O5/c1-12(2)16-11-22(5)14(4)19(7-6-15(22)10-17(16)23)27-21(25)13(3)18-8-9-20(24)26-18/h6-7,10,13-14,16,18-19H,1,8-9,11H2,2-5H3/t13?,14-,16-,18?,19+,22+/m0/s1. The van der Waals surface area contributed by atoms with Crippen molar-refractivity contribution in [2.24, 2.45) is 23.2 Å². The average Bonchev–Trinajstić information content (AvgIpc) is 3.04. The highest BCUT2D eigenvalue weighted by Crippen LogP contribution is 2.50. The van der Waals surface area contributed by atoms with Gasteiger partial charge in [-0.25, -0.2) is 0 Å². The smallest absolute Gasteiger partial charge is 0.313 e. The Morgan fingerprint density at radius 2 is 2.11 bits per heavy atom. The lowest BCUT2D eigenvalue weighted by atomic mass is 9.59. The zero-order chi connectivity index (χ0) is 19.9. The molecule has 1 fully saturated rings. The Kier molecular flexibility index (Phi) is 5.15. The third-order valence-corrected chi connectivity index (χ3v) is 6.58. The van der Waals surface area contributed by atoms with Gasteiger partial charge in [-0.05, 0) is 44.4 Å². The van der Waals surface area contributed by atoms with Gasteiger partial charge < -0.3 is 9.47 Å². The second-order valence-corrected chi connectivity index (χ2v) is 8.43. The number of cyclic esters (lactones) is 1. The molecule has 0 aromatic rings. The van der Waals surface area contributed by atoms with Crippen LogP contribution in [0, 0.1) is 23.2 Å². The molecule has 0 N–H and O–H groups in total. The van der Waals surface area contributed by atoms with E-state index in [2.05, 4.69) is 20.4 Å². The summed E-state index contributed by atoms with van der Waals surface area (Å²) in [5.41, 5.74) is 1.59. The number of hydrogen-bond donors (Lipinski definition) is 0. The molecule has 0 radical (unpaired) electrons. The van der Waals surface area contributed by atoms with Crippen molar-refractivity contribution in [1.82, 2.24) is 0 Å². The number of fused-ring (bicyclic) bond motifs is 1. The first-order valence-electron chi connectivity index (χ1n) is 9.63. The summed E-state index contributed by atoms with van der Waals surface area (Å²) in [6.07, 6.45) is 6.28. The van der Waals surface area contributed by atoms with E-state index in [4.69, 9.17) is 9.47 Å². The van der Waals surface area contributed by atoms with Gasteiger partial charge in [-0.1, -0.05) is 32.1 Å². The summed E-state index contributed by atoms with van der Waals surface area (Å²) in [6, 6.07) is 0. The molecule has 5 nitrogen and oxygen atoms in total. The number of carbonyl (C=O) groups excluding carboxylic acids is 3. The number of allylic oxidation sites excluding steroid dienone is 4. The SMILES string of the molecule is C=C(C)[C@@H]1C[C@@]2(C)C(=CC1=O)C=C[C@@H](OC(=O)C(C)C1CCC(=O)O1)[C@@H]2C. The number of ketones is 1. The second-order valence-electron chi connectivity index (χ2n) is 8.43. The molecular weight excluding hydrogens is 344 g/mol. The first-order chi connectivity index (χ1) is 12.6. The van der Waals surface area contributed by atoms with Crippen LogP contribution in [0.2, 0.25) is 0 Å². The van der Waals surface area contributed by atoms with Crippen LogP contribution in [-0.2, 0) is 23.9 Å². The van der Waals surface area contributed by atoms with Gasteiger partial charge in [0.15, 0.2) is 5.78 Å². The van der Waals surface area contributed by atoms with Crippen LogP contribution in [0.4, 0.5) is 0 Å². The van der Waals surface area contributed by atoms with Crippen LogP contribution in [-0.4, -0.2) is 29.9 Å². The molecule has 6 atom stereocenters. The van der Waals surface area contributed by atoms with E-state index in [1.165, 1.54) is 0 Å². The Bertz CT molecular complexity index is 746. The minimum Gasteiger partial charge on any atom is -0.461 e. The number of esters is 2. The Labute approximate surface area is 160 Å². The first-order valence-corrected chi connectivity index (χ1v) is 9.63. The first kappa shape index (κ1) is 19.6. The molecule has 1 heterocycles. The van der Waals surface area contributed by atoms with E-state index >= 15 is 0 Å². The van der Waals surface area contributed by atoms with Crippen LogP contribution >= 0.6 is 0 Å². The highest BCUT2D eigenvalue weighted by atomic mass is 16.6. The van der Waals surface area contributed by atoms with E-state index in [0.717, 1.165) is 11.1 Å². The molecule has 0 spiro atoms. The summed E-state index contributed by atoms with van der Waals surface area (Å²) < 4.78 is 11.0. The lowest BCUT2D eigenvalue weighted by molar-refractivity contribution is -0.161. The van der Waals surface area contributed by atoms with E-state index < -0.39 is 12.0 Å². The lowest BCUT2D eigenvalue weighted by Gasteiger charge is -2.46. The topological polar surface area (TPSA) is 69.7 Å². The van der Waals surface area contributed by atoms with Crippen molar-refractivity contribution in [2.75, 3.05) is 0 Å². The normalized spacial score (nSPS) is 36.5. The maximum absolute atomic E-state index is 12.6. The largest absolute Gasteiger partial charge is 0.461 e. The van der Waals surface area contributed by atoms with E-state index in [1.807, 2.05) is 19.1 Å². The highest BCUT2D eigenvalue weighted by molar-refractivity contribution is 5.96. The molecule has 0 aromatic carbocycles. The van der Waals surface area contributed by atoms with Gasteiger partial charge in [-0.2, -0.15) is 0 Å². The van der Waals surface area contributed by atoms with Crippen molar-refractivity contribution in [3.8, 4) is 0 Å². The van der Waals surface area contributed by atoms with Crippen molar-refractivity contribution >= 4 is 17.7 Å². The zero-order valence-corrected chi connectivity index (χ0v) is 16.5. The van der Waals surface area contributed by atoms with E-state index in [0.29, 0.717) is 19.3 Å². The quantitative estimate of drug-likeness (QED) is 0.558. The van der Waals surface area contributed by atoms with Crippen LogP contribution < -0.4 is 0 Å². The molecule has 2 unspecified atom stereocenters. The summed E-state index contributed by atoms with van der Waals surface area (Å²) >= 11 is 0. The van der Waals surface area contributed by atoms with Crippen molar-refractivity contribution in [3.63, 3.8) is 0 Å². The molecule has 0 saturated carbocycles. The van der Waals surface area contributed by atoms with Crippen LogP contribution in [0.25, 0.3) is 0 Å². The van der Waals surface area contributed by atoms with E-state index in [-0.39, 0.29) is 41.1 Å². The number of hydrogen-bond acceptors (Lipinski definition) is 5. The molecule has 3 aliphatic rings. The van der Waals surface area contributed by atoms with Crippen molar-refractivity contribution in [1.29, 1.82) is 0 Å². The summed E-state index contributed by atoms with van der Waals surface area (Å²) in [5.74, 6) is -1.18. The molecule has 146 valence electrons. The summed E-state index contributed by atoms with van der Waals surface area (Å²) in [4.78, 5) is 36.3. The molecule has 3 rings (SSSR count). The van der Waals surface area contributed by atoms with Crippen molar-refractivity contribution in [2.45, 2.75) is 59.2 Å². The Balaban J connectivity index is 1.75. The molecule has 2 aliphatic carbocycles. The fourth-order valence-electron chi connectivity index (χ4n) is 4.33. The molecule has 27 heavy (non-hydrogen) atoms. The van der Waals surface area contributed by atoms with E-state index in [9.17, 15) is 14.4 Å². The monoisotopic (exact) mass is 372 g/mol. The molecular formula is C22H28O5. The Morgan fingerprint density at radius 1 is 1.41 bits per heavy atom. The number of rotatable bonds is 4. The van der Waals surface area contributed by atoms with E-state index in [1.54, 1.807) is 13.0 Å². The van der Waals surface area contributed by atoms with Crippen molar-refractivity contribution < 1.29 is 23.9 Å². The minimum absolute atomic E-state index is 0.0194. The van der Waals surface area contributed by atoms with Gasteiger partial charge in [0, 0.05) is 23.7 Å². The fourth-order valence-corrected chi connectivity index (χ4v) is 4.33. The summed E-state index contributed by atoms with van der Waals surface area (Å²) in [6.45, 7) is 11.8. The third kappa shape index (κ3) is 3.52. The predicted molar refractivity (Wildman–Crippen MR) is 101 cm³/mol. The van der Waals surface area contributed by atoms with Gasteiger partial charge in [0.05, 0.1) is 5.92 Å². The van der Waals surface area contributed by atoms with Crippen LogP contribution in [0.5, 0.6) is 0 Å². The molecule has 1 aliphatic heterocycles. The Hall–Kier alpha value is -2.17. The Morgan fingerprint density at radius 3 is 2.70 bits per heavy atom. The molecule has 5 heteroatoms. The third-order valence-electron chi connectivity index (χ3n) is 6.58.